The van der Waals surface area contributed by atoms with Gasteiger partial charge in [-0.3, -0.25) is 14.4 Å². The first kappa shape index (κ1) is 71.6. The molecule has 0 N–H and O–H groups in total. The number of rotatable bonds is 58. The minimum Gasteiger partial charge on any atom is -0.462 e. The third kappa shape index (κ3) is 61.3. The zero-order chi connectivity index (χ0) is 54.3. The fourth-order valence-corrected chi connectivity index (χ4v) is 9.09. The monoisotopic (exact) mass is 1040 g/mol. The molecule has 75 heavy (non-hydrogen) atoms. The van der Waals surface area contributed by atoms with Crippen LogP contribution >= 0.6 is 0 Å². The molecule has 0 spiro atoms. The summed E-state index contributed by atoms with van der Waals surface area (Å²) in [5.74, 6) is -0.881. The number of ether oxygens (including phenoxy) is 3. The molecule has 0 heterocycles. The van der Waals surface area contributed by atoms with Crippen LogP contribution in [0, 0.1) is 0 Å². The van der Waals surface area contributed by atoms with Crippen LogP contribution in [0.5, 0.6) is 0 Å². The van der Waals surface area contributed by atoms with Gasteiger partial charge in [0.25, 0.3) is 0 Å². The van der Waals surface area contributed by atoms with Gasteiger partial charge in [-0.1, -0.05) is 286 Å². The molecule has 6 heteroatoms. The Morgan fingerprint density at radius 1 is 0.280 bits per heavy atom. The highest BCUT2D eigenvalue weighted by Crippen LogP contribution is 2.17. The SMILES string of the molecule is CC/C=C\C/C=C\C/C=C\C/C=C\C/C=C\CCCCCCCCCCCCCCCCCCCC(=O)OCC(COC(=O)CCCCCCC)OC(=O)CCCCCCCCCCC/C=C\C/C=C\CCCCC. The van der Waals surface area contributed by atoms with E-state index in [9.17, 15) is 14.4 Å². The molecule has 0 aromatic rings. The molecule has 0 amide bonds. The van der Waals surface area contributed by atoms with E-state index in [1.54, 1.807) is 0 Å². The number of hydrogen-bond donors (Lipinski definition) is 0. The highest BCUT2D eigenvalue weighted by molar-refractivity contribution is 5.71. The van der Waals surface area contributed by atoms with Crippen LogP contribution in [0.2, 0.25) is 0 Å². The highest BCUT2D eigenvalue weighted by Gasteiger charge is 2.19. The molecule has 6 nitrogen and oxygen atoms in total. The standard InChI is InChI=1S/C69H120O6/c1-4-7-10-13-15-17-19-21-23-25-27-28-29-30-31-32-33-34-35-36-37-38-39-40-42-43-45-47-49-51-53-56-59-62-68(71)74-65-66(64-73-67(70)61-58-55-12-9-6-3)75-69(72)63-60-57-54-52-50-48-46-44-41-26-24-22-20-18-16-14-11-8-5-2/h7,10,15-18,21-24,27-28,30-31,66H,4-6,8-9,11-14,19-20,25-26,29,32-65H2,1-3H3/b10-7-,17-15-,18-16-,23-21-,24-22-,28-27-,31-30-. The van der Waals surface area contributed by atoms with E-state index < -0.39 is 6.10 Å². The van der Waals surface area contributed by atoms with Gasteiger partial charge in [-0.05, 0) is 96.3 Å². The van der Waals surface area contributed by atoms with Crippen molar-refractivity contribution in [3.63, 3.8) is 0 Å². The molecule has 0 fully saturated rings. The molecule has 0 aliphatic heterocycles. The van der Waals surface area contributed by atoms with Crippen molar-refractivity contribution in [2.24, 2.45) is 0 Å². The molecule has 0 aromatic carbocycles. The van der Waals surface area contributed by atoms with Crippen molar-refractivity contribution in [1.29, 1.82) is 0 Å². The van der Waals surface area contributed by atoms with Gasteiger partial charge in [-0.15, -0.1) is 0 Å². The first-order valence-electron chi connectivity index (χ1n) is 32.1. The topological polar surface area (TPSA) is 78.9 Å². The van der Waals surface area contributed by atoms with E-state index in [-0.39, 0.29) is 31.1 Å². The van der Waals surface area contributed by atoms with Crippen molar-refractivity contribution in [2.75, 3.05) is 13.2 Å². The summed E-state index contributed by atoms with van der Waals surface area (Å²) >= 11 is 0. The normalized spacial score (nSPS) is 12.6. The Bertz CT molecular complexity index is 1430. The third-order valence-electron chi connectivity index (χ3n) is 13.9. The Morgan fingerprint density at radius 3 is 0.840 bits per heavy atom. The lowest BCUT2D eigenvalue weighted by Gasteiger charge is -2.18. The van der Waals surface area contributed by atoms with E-state index in [4.69, 9.17) is 14.2 Å². The maximum Gasteiger partial charge on any atom is 0.306 e. The minimum absolute atomic E-state index is 0.0748. The van der Waals surface area contributed by atoms with Crippen LogP contribution in [-0.4, -0.2) is 37.2 Å². The van der Waals surface area contributed by atoms with Gasteiger partial charge in [-0.2, -0.15) is 0 Å². The van der Waals surface area contributed by atoms with Gasteiger partial charge < -0.3 is 14.2 Å². The van der Waals surface area contributed by atoms with Gasteiger partial charge in [-0.25, -0.2) is 0 Å². The Labute approximate surface area is 465 Å². The Balaban J connectivity index is 3.96. The summed E-state index contributed by atoms with van der Waals surface area (Å²) in [6.07, 6.45) is 83.6. The summed E-state index contributed by atoms with van der Waals surface area (Å²) in [5, 5.41) is 0. The smallest absolute Gasteiger partial charge is 0.306 e. The zero-order valence-corrected chi connectivity index (χ0v) is 49.6. The zero-order valence-electron chi connectivity index (χ0n) is 49.6. The average Bonchev–Trinajstić information content (AvgIpc) is 3.41. The van der Waals surface area contributed by atoms with E-state index in [1.165, 1.54) is 173 Å². The Kier molecular flexibility index (Phi) is 60.3. The van der Waals surface area contributed by atoms with Crippen molar-refractivity contribution in [2.45, 2.75) is 322 Å². The summed E-state index contributed by atoms with van der Waals surface area (Å²) in [5.41, 5.74) is 0. The summed E-state index contributed by atoms with van der Waals surface area (Å²) < 4.78 is 16.8. The lowest BCUT2D eigenvalue weighted by atomic mass is 10.0. The van der Waals surface area contributed by atoms with Crippen molar-refractivity contribution in [3.8, 4) is 0 Å². The van der Waals surface area contributed by atoms with Crippen LogP contribution in [0.1, 0.15) is 316 Å². The molecular formula is C69H120O6. The first-order chi connectivity index (χ1) is 37.0. The van der Waals surface area contributed by atoms with Crippen LogP contribution in [-0.2, 0) is 28.6 Å². The van der Waals surface area contributed by atoms with E-state index in [0.29, 0.717) is 19.3 Å². The van der Waals surface area contributed by atoms with Crippen LogP contribution in [0.15, 0.2) is 85.1 Å². The maximum absolute atomic E-state index is 12.8. The largest absolute Gasteiger partial charge is 0.462 e. The number of allylic oxidation sites excluding steroid dienone is 14. The van der Waals surface area contributed by atoms with Gasteiger partial charge in [0, 0.05) is 19.3 Å². The summed E-state index contributed by atoms with van der Waals surface area (Å²) in [4.78, 5) is 37.9. The lowest BCUT2D eigenvalue weighted by Crippen LogP contribution is -2.30. The number of hydrogen-bond acceptors (Lipinski definition) is 6. The minimum atomic E-state index is -0.773. The second-order valence-electron chi connectivity index (χ2n) is 21.3. The number of carbonyl (C=O) groups is 3. The molecule has 0 aliphatic rings. The van der Waals surface area contributed by atoms with Crippen LogP contribution in [0.4, 0.5) is 0 Å². The highest BCUT2D eigenvalue weighted by atomic mass is 16.6. The molecule has 0 aromatic heterocycles. The summed E-state index contributed by atoms with van der Waals surface area (Å²) in [7, 11) is 0. The van der Waals surface area contributed by atoms with Gasteiger partial charge >= 0.3 is 17.9 Å². The quantitative estimate of drug-likeness (QED) is 0.0261. The summed E-state index contributed by atoms with van der Waals surface area (Å²) in [6.45, 7) is 6.44. The second-order valence-corrected chi connectivity index (χ2v) is 21.3. The van der Waals surface area contributed by atoms with Crippen molar-refractivity contribution >= 4 is 17.9 Å². The molecule has 0 saturated carbocycles. The van der Waals surface area contributed by atoms with Crippen molar-refractivity contribution in [1.82, 2.24) is 0 Å². The molecule has 0 aliphatic carbocycles. The van der Waals surface area contributed by atoms with Gasteiger partial charge in [0.05, 0.1) is 0 Å². The van der Waals surface area contributed by atoms with Crippen LogP contribution in [0.3, 0.4) is 0 Å². The molecule has 1 atom stereocenters. The molecule has 0 bridgehead atoms. The Morgan fingerprint density at radius 2 is 0.520 bits per heavy atom. The maximum atomic E-state index is 12.8. The van der Waals surface area contributed by atoms with Crippen molar-refractivity contribution < 1.29 is 28.6 Å². The van der Waals surface area contributed by atoms with Gasteiger partial charge in [0.1, 0.15) is 13.2 Å². The molecule has 0 radical (unpaired) electrons. The lowest BCUT2D eigenvalue weighted by molar-refractivity contribution is -0.167. The molecule has 0 saturated heterocycles. The van der Waals surface area contributed by atoms with Crippen molar-refractivity contribution in [3.05, 3.63) is 85.1 Å². The van der Waals surface area contributed by atoms with Gasteiger partial charge in [0.15, 0.2) is 6.10 Å². The molecule has 0 rings (SSSR count). The van der Waals surface area contributed by atoms with Gasteiger partial charge in [0.2, 0.25) is 0 Å². The predicted molar refractivity (Wildman–Crippen MR) is 325 cm³/mol. The van der Waals surface area contributed by atoms with Crippen LogP contribution < -0.4 is 0 Å². The number of esters is 3. The van der Waals surface area contributed by atoms with E-state index in [2.05, 4.69) is 106 Å². The fourth-order valence-electron chi connectivity index (χ4n) is 9.09. The predicted octanol–water partition coefficient (Wildman–Crippen LogP) is 21.9. The van der Waals surface area contributed by atoms with E-state index in [1.807, 2.05) is 0 Å². The molecule has 432 valence electrons. The first-order valence-corrected chi connectivity index (χ1v) is 32.1. The third-order valence-corrected chi connectivity index (χ3v) is 13.9. The number of carbonyl (C=O) groups excluding carboxylic acids is 3. The fraction of sp³-hybridized carbons (Fsp3) is 0.754. The molecular weight excluding hydrogens is 925 g/mol. The number of unbranched alkanes of at least 4 members (excludes halogenated alkanes) is 33. The summed E-state index contributed by atoms with van der Waals surface area (Å²) in [6, 6.07) is 0. The van der Waals surface area contributed by atoms with E-state index >= 15 is 0 Å². The Hall–Kier alpha value is -3.41. The van der Waals surface area contributed by atoms with Crippen LogP contribution in [0.25, 0.3) is 0 Å². The van der Waals surface area contributed by atoms with E-state index in [0.717, 1.165) is 103 Å². The second kappa shape index (κ2) is 63.1. The average molecular weight is 1050 g/mol. The molecule has 1 unspecified atom stereocenters.